The summed E-state index contributed by atoms with van der Waals surface area (Å²) in [5.41, 5.74) is 0.604. The Morgan fingerprint density at radius 1 is 1.43 bits per heavy atom. The molecule has 0 bridgehead atoms. The summed E-state index contributed by atoms with van der Waals surface area (Å²) < 4.78 is 0. The highest BCUT2D eigenvalue weighted by atomic mass is 16.3. The Morgan fingerprint density at radius 3 is 2.81 bits per heavy atom. The van der Waals surface area contributed by atoms with E-state index < -0.39 is 0 Å². The van der Waals surface area contributed by atoms with Crippen LogP contribution >= 0.6 is 0 Å². The highest BCUT2D eigenvalue weighted by Gasteiger charge is 2.44. The lowest BCUT2D eigenvalue weighted by Crippen LogP contribution is -2.38. The van der Waals surface area contributed by atoms with Crippen LogP contribution in [0.2, 0.25) is 0 Å². The van der Waals surface area contributed by atoms with E-state index in [1.807, 2.05) is 4.90 Å². The average Bonchev–Trinajstić information content (AvgIpc) is 3.04. The maximum Gasteiger partial charge on any atom is 0.225 e. The SMILES string of the molecule is C[C@@H]1C[C@H]1N1C[C@@H](NC(=O)Cc2ccccc2O)CC1=O. The van der Waals surface area contributed by atoms with Crippen LogP contribution in [0.4, 0.5) is 0 Å². The molecule has 1 aromatic rings. The lowest BCUT2D eigenvalue weighted by Gasteiger charge is -2.17. The number of phenolic OH excluding ortho intramolecular Hbond substituents is 1. The fraction of sp³-hybridized carbons (Fsp3) is 0.500. The molecule has 1 aliphatic heterocycles. The van der Waals surface area contributed by atoms with E-state index in [0.717, 1.165) is 6.42 Å². The van der Waals surface area contributed by atoms with Crippen LogP contribution < -0.4 is 5.32 Å². The van der Waals surface area contributed by atoms with Gasteiger partial charge in [0, 0.05) is 24.6 Å². The predicted octanol–water partition coefficient (Wildman–Crippen LogP) is 1.06. The first kappa shape index (κ1) is 13.9. The molecule has 2 N–H and O–H groups in total. The molecule has 1 aliphatic carbocycles. The van der Waals surface area contributed by atoms with Gasteiger partial charge >= 0.3 is 0 Å². The van der Waals surface area contributed by atoms with E-state index in [1.54, 1.807) is 24.3 Å². The second-order valence-corrected chi connectivity index (χ2v) is 6.10. The second-order valence-electron chi connectivity index (χ2n) is 6.10. The number of hydrogen-bond acceptors (Lipinski definition) is 3. The molecule has 0 spiro atoms. The summed E-state index contributed by atoms with van der Waals surface area (Å²) in [5, 5.41) is 12.6. The summed E-state index contributed by atoms with van der Waals surface area (Å²) in [6, 6.07) is 7.07. The van der Waals surface area contributed by atoms with Crippen molar-refractivity contribution in [3.05, 3.63) is 29.8 Å². The monoisotopic (exact) mass is 288 g/mol. The minimum Gasteiger partial charge on any atom is -0.508 e. The highest BCUT2D eigenvalue weighted by molar-refractivity contribution is 5.83. The average molecular weight is 288 g/mol. The Morgan fingerprint density at radius 2 is 2.14 bits per heavy atom. The minimum atomic E-state index is -0.153. The van der Waals surface area contributed by atoms with E-state index in [0.29, 0.717) is 30.5 Å². The molecule has 2 aliphatic rings. The van der Waals surface area contributed by atoms with Gasteiger partial charge in [0.05, 0.1) is 12.5 Å². The normalized spacial score (nSPS) is 27.8. The van der Waals surface area contributed by atoms with Crippen LogP contribution in [0.1, 0.15) is 25.3 Å². The summed E-state index contributed by atoms with van der Waals surface area (Å²) in [6.45, 7) is 2.75. The van der Waals surface area contributed by atoms with E-state index in [2.05, 4.69) is 12.2 Å². The van der Waals surface area contributed by atoms with E-state index in [1.165, 1.54) is 0 Å². The number of amides is 2. The van der Waals surface area contributed by atoms with E-state index in [9.17, 15) is 14.7 Å². The number of phenols is 1. The van der Waals surface area contributed by atoms with Gasteiger partial charge in [0.2, 0.25) is 11.8 Å². The van der Waals surface area contributed by atoms with Gasteiger partial charge in [0.25, 0.3) is 0 Å². The largest absolute Gasteiger partial charge is 0.508 e. The topological polar surface area (TPSA) is 69.6 Å². The molecule has 3 rings (SSSR count). The van der Waals surface area contributed by atoms with E-state index in [-0.39, 0.29) is 30.0 Å². The smallest absolute Gasteiger partial charge is 0.225 e. The van der Waals surface area contributed by atoms with Gasteiger partial charge in [0.15, 0.2) is 0 Å². The molecule has 0 unspecified atom stereocenters. The van der Waals surface area contributed by atoms with Gasteiger partial charge in [-0.25, -0.2) is 0 Å². The van der Waals surface area contributed by atoms with Crippen LogP contribution in [0.15, 0.2) is 24.3 Å². The Balaban J connectivity index is 1.54. The Kier molecular flexibility index (Phi) is 3.57. The molecule has 21 heavy (non-hydrogen) atoms. The standard InChI is InChI=1S/C16H20N2O3/c1-10-6-13(10)18-9-12(8-16(18)21)17-15(20)7-11-4-2-3-5-14(11)19/h2-5,10,12-13,19H,6-9H2,1H3,(H,17,20)/t10-,12+,13-/m1/s1. The van der Waals surface area contributed by atoms with E-state index >= 15 is 0 Å². The fourth-order valence-corrected chi connectivity index (χ4v) is 3.00. The van der Waals surface area contributed by atoms with Crippen molar-refractivity contribution in [3.63, 3.8) is 0 Å². The van der Waals surface area contributed by atoms with Crippen LogP contribution in [0.5, 0.6) is 5.75 Å². The molecular weight excluding hydrogens is 268 g/mol. The zero-order valence-electron chi connectivity index (χ0n) is 12.1. The summed E-state index contributed by atoms with van der Waals surface area (Å²) in [5.74, 6) is 0.699. The molecule has 1 heterocycles. The number of carbonyl (C=O) groups is 2. The van der Waals surface area contributed by atoms with Crippen molar-refractivity contribution in [2.45, 2.75) is 38.3 Å². The number of para-hydroxylation sites is 1. The number of likely N-dealkylation sites (tertiary alicyclic amines) is 1. The van der Waals surface area contributed by atoms with Crippen molar-refractivity contribution in [2.24, 2.45) is 5.92 Å². The highest BCUT2D eigenvalue weighted by Crippen LogP contribution is 2.37. The van der Waals surface area contributed by atoms with E-state index in [4.69, 9.17) is 0 Å². The van der Waals surface area contributed by atoms with Gasteiger partial charge in [-0.05, 0) is 18.4 Å². The molecular formula is C16H20N2O3. The number of benzene rings is 1. The zero-order chi connectivity index (χ0) is 15.0. The number of aromatic hydroxyl groups is 1. The lowest BCUT2D eigenvalue weighted by atomic mass is 10.1. The van der Waals surface area contributed by atoms with Crippen molar-refractivity contribution in [3.8, 4) is 5.75 Å². The molecule has 1 saturated carbocycles. The molecule has 1 saturated heterocycles. The third-order valence-corrected chi connectivity index (χ3v) is 4.33. The van der Waals surface area contributed by atoms with Crippen molar-refractivity contribution < 1.29 is 14.7 Å². The number of nitrogens with one attached hydrogen (secondary N) is 1. The number of hydrogen-bond donors (Lipinski definition) is 2. The first-order valence-electron chi connectivity index (χ1n) is 7.40. The molecule has 1 aromatic carbocycles. The Labute approximate surface area is 123 Å². The first-order chi connectivity index (χ1) is 10.0. The van der Waals surface area contributed by atoms with Crippen LogP contribution in [-0.4, -0.2) is 40.4 Å². The molecule has 0 aromatic heterocycles. The molecule has 3 atom stereocenters. The number of nitrogens with zero attached hydrogens (tertiary/aromatic N) is 1. The quantitative estimate of drug-likeness (QED) is 0.870. The molecule has 0 radical (unpaired) electrons. The Hall–Kier alpha value is -2.04. The molecule has 2 fully saturated rings. The molecule has 5 nitrogen and oxygen atoms in total. The zero-order valence-corrected chi connectivity index (χ0v) is 12.1. The van der Waals surface area contributed by atoms with Gasteiger partial charge < -0.3 is 15.3 Å². The molecule has 112 valence electrons. The number of carbonyl (C=O) groups excluding carboxylic acids is 2. The summed E-state index contributed by atoms with van der Waals surface area (Å²) in [6.07, 6.45) is 1.59. The molecule has 2 amide bonds. The Bertz CT molecular complexity index is 572. The molecule has 5 heteroatoms. The predicted molar refractivity (Wildman–Crippen MR) is 77.6 cm³/mol. The van der Waals surface area contributed by atoms with Gasteiger partial charge in [-0.2, -0.15) is 0 Å². The van der Waals surface area contributed by atoms with Gasteiger partial charge in [-0.15, -0.1) is 0 Å². The lowest BCUT2D eigenvalue weighted by molar-refractivity contribution is -0.128. The first-order valence-corrected chi connectivity index (χ1v) is 7.40. The van der Waals surface area contributed by atoms with Crippen LogP contribution in [0.3, 0.4) is 0 Å². The van der Waals surface area contributed by atoms with Crippen molar-refractivity contribution >= 4 is 11.8 Å². The summed E-state index contributed by atoms with van der Waals surface area (Å²) in [7, 11) is 0. The third-order valence-electron chi connectivity index (χ3n) is 4.33. The van der Waals surface area contributed by atoms with Gasteiger partial charge in [0.1, 0.15) is 5.75 Å². The van der Waals surface area contributed by atoms with Crippen LogP contribution in [0, 0.1) is 5.92 Å². The van der Waals surface area contributed by atoms with Gasteiger partial charge in [-0.1, -0.05) is 25.1 Å². The maximum absolute atomic E-state index is 12.0. The fourth-order valence-electron chi connectivity index (χ4n) is 3.00. The van der Waals surface area contributed by atoms with Gasteiger partial charge in [-0.3, -0.25) is 9.59 Å². The summed E-state index contributed by atoms with van der Waals surface area (Å²) >= 11 is 0. The summed E-state index contributed by atoms with van der Waals surface area (Å²) in [4.78, 5) is 25.9. The minimum absolute atomic E-state index is 0.108. The van der Waals surface area contributed by atoms with Crippen molar-refractivity contribution in [2.75, 3.05) is 6.54 Å². The second kappa shape index (κ2) is 5.39. The van der Waals surface area contributed by atoms with Crippen molar-refractivity contribution in [1.82, 2.24) is 10.2 Å². The maximum atomic E-state index is 12.0. The van der Waals surface area contributed by atoms with Crippen molar-refractivity contribution in [1.29, 1.82) is 0 Å². The van der Waals surface area contributed by atoms with Crippen LogP contribution in [0.25, 0.3) is 0 Å². The number of rotatable bonds is 4. The third kappa shape index (κ3) is 3.01. The van der Waals surface area contributed by atoms with Crippen LogP contribution in [-0.2, 0) is 16.0 Å².